The van der Waals surface area contributed by atoms with E-state index in [1.807, 2.05) is 81.4 Å². The first-order chi connectivity index (χ1) is 16.2. The van der Waals surface area contributed by atoms with E-state index in [1.54, 1.807) is 29.2 Å². The van der Waals surface area contributed by atoms with Crippen molar-refractivity contribution in [2.75, 3.05) is 6.61 Å². The van der Waals surface area contributed by atoms with Crippen LogP contribution >= 0.6 is 11.6 Å². The van der Waals surface area contributed by atoms with Crippen LogP contribution in [0.4, 0.5) is 0 Å². The first kappa shape index (κ1) is 25.3. The molecule has 0 saturated heterocycles. The van der Waals surface area contributed by atoms with E-state index in [0.29, 0.717) is 17.2 Å². The van der Waals surface area contributed by atoms with Gasteiger partial charge in [0.2, 0.25) is 5.91 Å². The minimum Gasteiger partial charge on any atom is -0.484 e. The van der Waals surface area contributed by atoms with E-state index in [-0.39, 0.29) is 25.0 Å². The molecule has 1 unspecified atom stereocenters. The molecule has 0 saturated carbocycles. The Morgan fingerprint density at radius 2 is 1.47 bits per heavy atom. The summed E-state index contributed by atoms with van der Waals surface area (Å²) >= 11 is 6.06. The van der Waals surface area contributed by atoms with Crippen molar-refractivity contribution in [1.29, 1.82) is 0 Å². The molecule has 2 amide bonds. The number of rotatable bonds is 9. The second kappa shape index (κ2) is 11.7. The zero-order chi connectivity index (χ0) is 24.6. The van der Waals surface area contributed by atoms with E-state index in [0.717, 1.165) is 11.1 Å². The third-order valence-electron chi connectivity index (χ3n) is 5.14. The maximum absolute atomic E-state index is 13.5. The van der Waals surface area contributed by atoms with E-state index in [9.17, 15) is 9.59 Å². The number of ether oxygens (including phenoxy) is 1. The van der Waals surface area contributed by atoms with Crippen LogP contribution < -0.4 is 10.1 Å². The van der Waals surface area contributed by atoms with Gasteiger partial charge in [-0.25, -0.2) is 0 Å². The average Bonchev–Trinajstić information content (AvgIpc) is 2.81. The minimum absolute atomic E-state index is 0.175. The number of halogens is 1. The summed E-state index contributed by atoms with van der Waals surface area (Å²) in [5.41, 5.74) is 1.40. The lowest BCUT2D eigenvalue weighted by atomic mass is 10.0. The second-order valence-electron chi connectivity index (χ2n) is 9.19. The third-order valence-corrected chi connectivity index (χ3v) is 5.39. The van der Waals surface area contributed by atoms with Gasteiger partial charge in [0.15, 0.2) is 6.61 Å². The zero-order valence-corrected chi connectivity index (χ0v) is 20.6. The van der Waals surface area contributed by atoms with E-state index in [1.165, 1.54) is 0 Å². The van der Waals surface area contributed by atoms with E-state index < -0.39 is 11.6 Å². The van der Waals surface area contributed by atoms with Gasteiger partial charge in [-0.1, -0.05) is 72.3 Å². The van der Waals surface area contributed by atoms with Crippen molar-refractivity contribution in [1.82, 2.24) is 10.2 Å². The largest absolute Gasteiger partial charge is 0.484 e. The highest BCUT2D eigenvalue weighted by atomic mass is 35.5. The topological polar surface area (TPSA) is 58.6 Å². The number of hydrogen-bond acceptors (Lipinski definition) is 3. The van der Waals surface area contributed by atoms with Crippen LogP contribution in [0.1, 0.15) is 31.9 Å². The van der Waals surface area contributed by atoms with Gasteiger partial charge >= 0.3 is 0 Å². The van der Waals surface area contributed by atoms with Gasteiger partial charge in [-0.3, -0.25) is 9.59 Å². The fraction of sp³-hybridized carbons (Fsp3) is 0.286. The summed E-state index contributed by atoms with van der Waals surface area (Å²) in [4.78, 5) is 28.5. The number of nitrogens with zero attached hydrogens (tertiary/aromatic N) is 1. The number of amides is 2. The number of carbonyl (C=O) groups is 2. The monoisotopic (exact) mass is 478 g/mol. The molecule has 1 N–H and O–H groups in total. The van der Waals surface area contributed by atoms with Crippen LogP contribution in [-0.2, 0) is 22.6 Å². The van der Waals surface area contributed by atoms with Gasteiger partial charge in [-0.05, 0) is 56.2 Å². The van der Waals surface area contributed by atoms with Gasteiger partial charge < -0.3 is 15.0 Å². The van der Waals surface area contributed by atoms with Crippen LogP contribution in [-0.4, -0.2) is 34.9 Å². The molecule has 0 aliphatic rings. The summed E-state index contributed by atoms with van der Waals surface area (Å²) in [5.74, 6) is 0.114. The Balaban J connectivity index is 1.91. The molecular weight excluding hydrogens is 448 g/mol. The standard InChI is InChI=1S/C28H31ClN2O3/c1-28(2,3)30-27(33)25(18-21-10-6-4-7-11-21)31(19-22-14-16-23(29)17-15-22)26(32)20-34-24-12-8-5-9-13-24/h4-17,25H,18-20H2,1-3H3,(H,30,33). The number of carbonyl (C=O) groups excluding carboxylic acids is 2. The quantitative estimate of drug-likeness (QED) is 0.455. The molecule has 0 aliphatic heterocycles. The summed E-state index contributed by atoms with van der Waals surface area (Å²) in [6, 6.07) is 25.4. The van der Waals surface area contributed by atoms with Gasteiger partial charge in [-0.2, -0.15) is 0 Å². The maximum atomic E-state index is 13.5. The zero-order valence-electron chi connectivity index (χ0n) is 19.8. The summed E-state index contributed by atoms with van der Waals surface area (Å²) in [6.07, 6.45) is 0.382. The summed E-state index contributed by atoms with van der Waals surface area (Å²) in [7, 11) is 0. The fourth-order valence-electron chi connectivity index (χ4n) is 3.54. The van der Waals surface area contributed by atoms with E-state index in [4.69, 9.17) is 16.3 Å². The molecule has 0 aliphatic carbocycles. The highest BCUT2D eigenvalue weighted by Gasteiger charge is 2.32. The van der Waals surface area contributed by atoms with Gasteiger partial charge in [-0.15, -0.1) is 0 Å². The predicted octanol–water partition coefficient (Wildman–Crippen LogP) is 5.27. The Morgan fingerprint density at radius 1 is 0.882 bits per heavy atom. The third kappa shape index (κ3) is 7.92. The maximum Gasteiger partial charge on any atom is 0.261 e. The highest BCUT2D eigenvalue weighted by Crippen LogP contribution is 2.18. The molecule has 1 atom stereocenters. The number of para-hydroxylation sites is 1. The molecule has 5 nitrogen and oxygen atoms in total. The second-order valence-corrected chi connectivity index (χ2v) is 9.63. The Kier molecular flexibility index (Phi) is 8.72. The van der Waals surface area contributed by atoms with Crippen molar-refractivity contribution in [3.8, 4) is 5.75 Å². The minimum atomic E-state index is -0.718. The average molecular weight is 479 g/mol. The van der Waals surface area contributed by atoms with E-state index >= 15 is 0 Å². The van der Waals surface area contributed by atoms with Crippen molar-refractivity contribution >= 4 is 23.4 Å². The van der Waals surface area contributed by atoms with Crippen molar-refractivity contribution in [3.63, 3.8) is 0 Å². The molecule has 3 aromatic rings. The lowest BCUT2D eigenvalue weighted by Crippen LogP contribution is -2.55. The van der Waals surface area contributed by atoms with Gasteiger partial charge in [0, 0.05) is 23.5 Å². The number of hydrogen-bond donors (Lipinski definition) is 1. The predicted molar refractivity (Wildman–Crippen MR) is 136 cm³/mol. The Labute approximate surface area is 206 Å². The Hall–Kier alpha value is -3.31. The first-order valence-electron chi connectivity index (χ1n) is 11.3. The number of nitrogens with one attached hydrogen (secondary N) is 1. The number of benzene rings is 3. The van der Waals surface area contributed by atoms with Crippen molar-refractivity contribution in [3.05, 3.63) is 101 Å². The van der Waals surface area contributed by atoms with Crippen LogP contribution in [0, 0.1) is 0 Å². The molecule has 0 spiro atoms. The lowest BCUT2D eigenvalue weighted by Gasteiger charge is -2.33. The van der Waals surface area contributed by atoms with Gasteiger partial charge in [0.1, 0.15) is 11.8 Å². The summed E-state index contributed by atoms with van der Waals surface area (Å²) in [6.45, 7) is 5.85. The molecule has 0 fully saturated rings. The molecule has 0 radical (unpaired) electrons. The van der Waals surface area contributed by atoms with Crippen LogP contribution in [0.3, 0.4) is 0 Å². The summed E-state index contributed by atoms with van der Waals surface area (Å²) < 4.78 is 5.74. The first-order valence-corrected chi connectivity index (χ1v) is 11.7. The van der Waals surface area contributed by atoms with Crippen molar-refractivity contribution in [2.24, 2.45) is 0 Å². The molecule has 0 bridgehead atoms. The van der Waals surface area contributed by atoms with Crippen molar-refractivity contribution < 1.29 is 14.3 Å². The van der Waals surface area contributed by atoms with Gasteiger partial charge in [0.05, 0.1) is 0 Å². The molecule has 34 heavy (non-hydrogen) atoms. The Bertz CT molecular complexity index is 1060. The molecule has 3 aromatic carbocycles. The SMILES string of the molecule is CC(C)(C)NC(=O)C(Cc1ccccc1)N(Cc1ccc(Cl)cc1)C(=O)COc1ccccc1. The van der Waals surface area contributed by atoms with Crippen LogP contribution in [0.5, 0.6) is 5.75 Å². The fourth-order valence-corrected chi connectivity index (χ4v) is 3.66. The van der Waals surface area contributed by atoms with E-state index in [2.05, 4.69) is 5.32 Å². The highest BCUT2D eigenvalue weighted by molar-refractivity contribution is 6.30. The lowest BCUT2D eigenvalue weighted by molar-refractivity contribution is -0.143. The molecular formula is C28H31ClN2O3. The smallest absolute Gasteiger partial charge is 0.261 e. The van der Waals surface area contributed by atoms with Crippen LogP contribution in [0.15, 0.2) is 84.9 Å². The van der Waals surface area contributed by atoms with Crippen LogP contribution in [0.25, 0.3) is 0 Å². The molecule has 178 valence electrons. The molecule has 0 aromatic heterocycles. The van der Waals surface area contributed by atoms with Crippen molar-refractivity contribution in [2.45, 2.75) is 45.3 Å². The van der Waals surface area contributed by atoms with Gasteiger partial charge in [0.25, 0.3) is 5.91 Å². The van der Waals surface area contributed by atoms with Crippen LogP contribution in [0.2, 0.25) is 5.02 Å². The molecule has 3 rings (SSSR count). The summed E-state index contributed by atoms with van der Waals surface area (Å²) in [5, 5.41) is 3.66. The Morgan fingerprint density at radius 3 is 2.06 bits per heavy atom. The normalized spacial score (nSPS) is 12.0. The molecule has 6 heteroatoms. The molecule has 0 heterocycles.